The molecule has 0 aliphatic carbocycles. The number of hydrogen-bond acceptors (Lipinski definition) is 0. The largest absolute Gasteiger partial charge is 5.00 e. The van der Waals surface area contributed by atoms with Crippen LogP contribution in [0.2, 0.25) is 0 Å². The summed E-state index contributed by atoms with van der Waals surface area (Å²) in [6.45, 7) is 30.8. The van der Waals surface area contributed by atoms with E-state index in [1.807, 2.05) is 0 Å². The molecule has 0 atom stereocenters. The molecule has 0 aromatic rings. The molecule has 0 aliphatic rings. The summed E-state index contributed by atoms with van der Waals surface area (Å²) in [5, 5.41) is 0. The summed E-state index contributed by atoms with van der Waals surface area (Å²) in [7, 11) is 0. The van der Waals surface area contributed by atoms with Crippen LogP contribution in [0.15, 0.2) is 0 Å². The third-order valence-electron chi connectivity index (χ3n) is 16.8. The van der Waals surface area contributed by atoms with Crippen molar-refractivity contribution >= 4 is 0 Å². The first-order valence-corrected chi connectivity index (χ1v) is 38.5. The smallest absolute Gasteiger partial charge is 0.343 e. The summed E-state index contributed by atoms with van der Waals surface area (Å²) in [6.07, 6.45) is 99.2. The molecule has 0 aliphatic heterocycles. The van der Waals surface area contributed by atoms with E-state index in [4.69, 9.17) is 0 Å². The van der Waals surface area contributed by atoms with Crippen molar-refractivity contribution in [3.05, 3.63) is 34.6 Å². The molecular formula is C80H165Nb. The van der Waals surface area contributed by atoms with Gasteiger partial charge in [-0.05, 0) is 0 Å². The van der Waals surface area contributed by atoms with E-state index in [9.17, 15) is 0 Å². The second-order valence-electron chi connectivity index (χ2n) is 25.5. The first kappa shape index (κ1) is 92.9. The molecular weight excluding hydrogens is 1050 g/mol. The maximum Gasteiger partial charge on any atom is 5.00 e. The zero-order valence-corrected chi connectivity index (χ0v) is 60.7. The predicted molar refractivity (Wildman–Crippen MR) is 378 cm³/mol. The van der Waals surface area contributed by atoms with Crippen LogP contribution in [0.3, 0.4) is 0 Å². The minimum atomic E-state index is 0. The van der Waals surface area contributed by atoms with Crippen LogP contribution in [0.5, 0.6) is 0 Å². The molecule has 0 rings (SSSR count). The van der Waals surface area contributed by atoms with Gasteiger partial charge in [-0.1, -0.05) is 452 Å². The van der Waals surface area contributed by atoms with Gasteiger partial charge in [-0.2, -0.15) is 32.1 Å². The van der Waals surface area contributed by atoms with Gasteiger partial charge in [0, 0.05) is 0 Å². The second kappa shape index (κ2) is 103. The summed E-state index contributed by atoms with van der Waals surface area (Å²) in [6, 6.07) is 0. The molecule has 0 unspecified atom stereocenters. The SMILES string of the molecule is [CH2-]CCCCCCCCCCCCCCC.[CH2-]CCCCCCCCCCCCCCC.[CH2-]CCCCCCCCCCCCCCC.[CH2-]CCCCCCCCCCCCCCC.[CH2-]CCCCCCCCCCCCCCC.[Nb+5]. The van der Waals surface area contributed by atoms with Gasteiger partial charge in [0.15, 0.2) is 0 Å². The van der Waals surface area contributed by atoms with Crippen molar-refractivity contribution in [2.75, 3.05) is 0 Å². The maximum atomic E-state index is 3.87. The molecule has 0 amide bonds. The van der Waals surface area contributed by atoms with Crippen LogP contribution in [-0.4, -0.2) is 0 Å². The van der Waals surface area contributed by atoms with Gasteiger partial charge in [0.2, 0.25) is 0 Å². The van der Waals surface area contributed by atoms with Crippen molar-refractivity contribution in [2.45, 2.75) is 484 Å². The first-order valence-electron chi connectivity index (χ1n) is 38.5. The maximum absolute atomic E-state index is 3.87. The Labute approximate surface area is 537 Å². The van der Waals surface area contributed by atoms with Crippen LogP contribution in [0.1, 0.15) is 484 Å². The van der Waals surface area contributed by atoms with Crippen LogP contribution in [0.25, 0.3) is 0 Å². The Hall–Kier alpha value is 0.740. The van der Waals surface area contributed by atoms with E-state index in [1.54, 1.807) is 0 Å². The van der Waals surface area contributed by atoms with Gasteiger partial charge >= 0.3 is 22.4 Å². The molecule has 0 aromatic carbocycles. The number of unbranched alkanes of at least 4 members (excludes halogenated alkanes) is 65. The van der Waals surface area contributed by atoms with Crippen LogP contribution >= 0.6 is 0 Å². The van der Waals surface area contributed by atoms with Crippen molar-refractivity contribution in [3.8, 4) is 0 Å². The van der Waals surface area contributed by atoms with Gasteiger partial charge in [-0.25, -0.2) is 0 Å². The van der Waals surface area contributed by atoms with Crippen molar-refractivity contribution in [1.29, 1.82) is 0 Å². The summed E-state index contributed by atoms with van der Waals surface area (Å²) < 4.78 is 0. The van der Waals surface area contributed by atoms with E-state index >= 15 is 0 Å². The van der Waals surface area contributed by atoms with Crippen molar-refractivity contribution in [2.24, 2.45) is 0 Å². The van der Waals surface area contributed by atoms with E-state index in [0.29, 0.717) is 0 Å². The summed E-state index contributed by atoms with van der Waals surface area (Å²) in [4.78, 5) is 0. The molecule has 81 heavy (non-hydrogen) atoms. The van der Waals surface area contributed by atoms with E-state index in [-0.39, 0.29) is 22.4 Å². The molecule has 0 aromatic heterocycles. The third kappa shape index (κ3) is 116. The fourth-order valence-electron chi connectivity index (χ4n) is 11.0. The molecule has 0 saturated heterocycles. The van der Waals surface area contributed by atoms with E-state index in [1.165, 1.54) is 417 Å². The molecule has 0 N–H and O–H groups in total. The van der Waals surface area contributed by atoms with E-state index in [2.05, 4.69) is 69.2 Å². The van der Waals surface area contributed by atoms with Crippen LogP contribution in [0.4, 0.5) is 0 Å². The minimum Gasteiger partial charge on any atom is -0.343 e. The molecule has 0 fully saturated rings. The Kier molecular flexibility index (Phi) is 118. The van der Waals surface area contributed by atoms with Gasteiger partial charge in [0.25, 0.3) is 0 Å². The quantitative estimate of drug-likeness (QED) is 0.0323. The third-order valence-corrected chi connectivity index (χ3v) is 16.8. The average molecular weight is 1220 g/mol. The second-order valence-corrected chi connectivity index (χ2v) is 25.5. The van der Waals surface area contributed by atoms with E-state index in [0.717, 1.165) is 32.1 Å². The van der Waals surface area contributed by atoms with Gasteiger partial charge < -0.3 is 34.6 Å². The van der Waals surface area contributed by atoms with Crippen LogP contribution in [-0.2, 0) is 22.4 Å². The first-order chi connectivity index (χ1) is 39.6. The number of rotatable bonds is 65. The van der Waals surface area contributed by atoms with Gasteiger partial charge in [-0.3, -0.25) is 0 Å². The molecule has 0 saturated carbocycles. The Morgan fingerprint density at radius 1 is 0.111 bits per heavy atom. The molecule has 0 nitrogen and oxygen atoms in total. The Morgan fingerprint density at radius 3 is 0.235 bits per heavy atom. The van der Waals surface area contributed by atoms with Crippen molar-refractivity contribution in [1.82, 2.24) is 0 Å². The molecule has 0 bridgehead atoms. The fourth-order valence-corrected chi connectivity index (χ4v) is 11.0. The predicted octanol–water partition coefficient (Wildman–Crippen LogP) is 31.5. The molecule has 490 valence electrons. The zero-order valence-electron chi connectivity index (χ0n) is 58.5. The minimum absolute atomic E-state index is 0. The average Bonchev–Trinajstić information content (AvgIpc) is 3.47. The Balaban J connectivity index is -0.000000216. The van der Waals surface area contributed by atoms with Gasteiger partial charge in [0.1, 0.15) is 0 Å². The van der Waals surface area contributed by atoms with E-state index < -0.39 is 0 Å². The molecule has 0 spiro atoms. The van der Waals surface area contributed by atoms with Crippen LogP contribution in [0, 0.1) is 34.6 Å². The van der Waals surface area contributed by atoms with Gasteiger partial charge in [0.05, 0.1) is 0 Å². The summed E-state index contributed by atoms with van der Waals surface area (Å²) >= 11 is 0. The monoisotopic (exact) mass is 1220 g/mol. The number of hydrogen-bond donors (Lipinski definition) is 0. The molecule has 1 heteroatoms. The summed E-state index contributed by atoms with van der Waals surface area (Å²) in [5.41, 5.74) is 0. The van der Waals surface area contributed by atoms with Crippen LogP contribution < -0.4 is 0 Å². The normalized spacial score (nSPS) is 10.7. The molecule has 0 heterocycles. The van der Waals surface area contributed by atoms with Crippen molar-refractivity contribution < 1.29 is 22.4 Å². The zero-order chi connectivity index (χ0) is 59.5. The fraction of sp³-hybridized carbons (Fsp3) is 0.938. The van der Waals surface area contributed by atoms with Gasteiger partial charge in [-0.15, -0.1) is 0 Å². The Morgan fingerprint density at radius 2 is 0.173 bits per heavy atom. The topological polar surface area (TPSA) is 0 Å². The standard InChI is InChI=1S/5C16H33.Nb/c5*1-3-5-7-9-11-13-15-16-14-12-10-8-6-4-2;/h5*1,3-16H2,2H3;/q5*-1;+5. The molecule has 0 radical (unpaired) electrons. The summed E-state index contributed by atoms with van der Waals surface area (Å²) in [5.74, 6) is 0. The van der Waals surface area contributed by atoms with Crippen molar-refractivity contribution in [3.63, 3.8) is 0 Å². The Bertz CT molecular complexity index is 633.